The van der Waals surface area contributed by atoms with Gasteiger partial charge in [0.2, 0.25) is 0 Å². The van der Waals surface area contributed by atoms with Gasteiger partial charge in [-0.2, -0.15) is 0 Å². The zero-order valence-corrected chi connectivity index (χ0v) is 9.28. The fourth-order valence-electron chi connectivity index (χ4n) is 0.953. The second kappa shape index (κ2) is 4.51. The predicted molar refractivity (Wildman–Crippen MR) is 51.3 cm³/mol. The summed E-state index contributed by atoms with van der Waals surface area (Å²) in [7, 11) is 0. The molecule has 0 heterocycles. The van der Waals surface area contributed by atoms with E-state index in [-0.39, 0.29) is 11.8 Å². The van der Waals surface area contributed by atoms with E-state index in [1.54, 1.807) is 24.3 Å². The topological polar surface area (TPSA) is 64.9 Å². The van der Waals surface area contributed by atoms with Crippen LogP contribution in [0, 0.1) is 0 Å². The maximum atomic E-state index is 11.7. The Balaban J connectivity index is 2.72. The number of phenols is 1. The van der Waals surface area contributed by atoms with Gasteiger partial charge in [-0.15, -0.1) is 0 Å². The van der Waals surface area contributed by atoms with Gasteiger partial charge in [-0.3, -0.25) is 0 Å². The molecular weight excluding hydrogens is 233 g/mol. The molecule has 0 aliphatic heterocycles. The monoisotopic (exact) mass is 248 g/mol. The summed E-state index contributed by atoms with van der Waals surface area (Å²) >= 11 is -1.93. The number of hydrogen-bond donors (Lipinski definition) is 2. The average Bonchev–Trinajstić information content (AvgIpc) is 2.04. The van der Waals surface area contributed by atoms with Crippen LogP contribution < -0.4 is 10.2 Å². The van der Waals surface area contributed by atoms with Gasteiger partial charge in [0, 0.05) is 0 Å². The Morgan fingerprint density at radius 3 is 2.46 bits per heavy atom. The molecular formula is C9H14NO2Se+. The van der Waals surface area contributed by atoms with Crippen molar-refractivity contribution >= 4 is 18.3 Å². The van der Waals surface area contributed by atoms with Crippen LogP contribution in [-0.2, 0) is 3.83 Å². The molecule has 0 radical (unpaired) electrons. The van der Waals surface area contributed by atoms with Gasteiger partial charge in [-0.05, 0) is 0 Å². The van der Waals surface area contributed by atoms with Gasteiger partial charge < -0.3 is 0 Å². The van der Waals surface area contributed by atoms with Crippen molar-refractivity contribution in [2.24, 2.45) is 0 Å². The maximum absolute atomic E-state index is 11.7. The van der Waals surface area contributed by atoms with Crippen LogP contribution in [0.15, 0.2) is 24.3 Å². The van der Waals surface area contributed by atoms with Gasteiger partial charge in [0.05, 0.1) is 0 Å². The third-order valence-electron chi connectivity index (χ3n) is 1.54. The molecule has 4 N–H and O–H groups in total. The van der Waals surface area contributed by atoms with Gasteiger partial charge in [0.25, 0.3) is 0 Å². The molecule has 0 saturated heterocycles. The Kier molecular flexibility index (Phi) is 3.60. The molecule has 0 aliphatic rings. The van der Waals surface area contributed by atoms with Crippen LogP contribution in [-0.4, -0.2) is 25.0 Å². The minimum absolute atomic E-state index is 0.213. The Bertz CT molecular complexity index is 295. The van der Waals surface area contributed by atoms with Crippen LogP contribution in [0.3, 0.4) is 0 Å². The molecule has 0 spiro atoms. The number of phenolic OH excluding ortho intramolecular Hbond substituents is 1. The van der Waals surface area contributed by atoms with Crippen molar-refractivity contribution in [1.82, 2.24) is 0 Å². The van der Waals surface area contributed by atoms with E-state index in [0.29, 0.717) is 5.32 Å². The third-order valence-corrected chi connectivity index (χ3v) is 5.04. The summed E-state index contributed by atoms with van der Waals surface area (Å²) in [5.41, 5.74) is 3.80. The number of benzene rings is 1. The molecule has 2 atom stereocenters. The van der Waals surface area contributed by atoms with Crippen LogP contribution in [0.2, 0.25) is 5.32 Å². The second-order valence-electron chi connectivity index (χ2n) is 3.11. The standard InChI is InChI=1S/C9H13NO2Se/c1-7(10)6-13(12)9-4-2-8(11)3-5-9/h2-5,7,11H,6,10H2,1H3/p+1. The first-order valence-corrected chi connectivity index (χ1v) is 6.87. The van der Waals surface area contributed by atoms with E-state index in [9.17, 15) is 3.83 Å². The van der Waals surface area contributed by atoms with Crippen molar-refractivity contribution in [3.05, 3.63) is 24.3 Å². The first-order chi connectivity index (χ1) is 6.09. The van der Waals surface area contributed by atoms with Gasteiger partial charge in [-0.25, -0.2) is 0 Å². The Morgan fingerprint density at radius 2 is 2.00 bits per heavy atom. The molecule has 0 saturated carbocycles. The van der Waals surface area contributed by atoms with Crippen LogP contribution in [0.25, 0.3) is 0 Å². The van der Waals surface area contributed by atoms with Crippen LogP contribution in [0.5, 0.6) is 5.75 Å². The molecule has 1 aromatic rings. The van der Waals surface area contributed by atoms with Crippen LogP contribution in [0.4, 0.5) is 0 Å². The first-order valence-electron chi connectivity index (χ1n) is 4.10. The quantitative estimate of drug-likeness (QED) is 0.717. The van der Waals surface area contributed by atoms with E-state index >= 15 is 0 Å². The van der Waals surface area contributed by atoms with Gasteiger partial charge >= 0.3 is 81.3 Å². The van der Waals surface area contributed by atoms with E-state index in [4.69, 9.17) is 5.11 Å². The van der Waals surface area contributed by atoms with E-state index in [1.807, 2.05) is 6.92 Å². The molecule has 0 amide bonds. The predicted octanol–water partition coefficient (Wildman–Crippen LogP) is -0.348. The molecule has 13 heavy (non-hydrogen) atoms. The van der Waals surface area contributed by atoms with Crippen molar-refractivity contribution in [3.8, 4) is 5.75 Å². The van der Waals surface area contributed by atoms with E-state index in [0.717, 1.165) is 4.46 Å². The number of aromatic hydroxyl groups is 1. The Labute approximate surface area is 81.7 Å². The number of rotatable bonds is 3. The third kappa shape index (κ3) is 3.27. The van der Waals surface area contributed by atoms with Crippen molar-refractivity contribution in [2.75, 3.05) is 0 Å². The van der Waals surface area contributed by atoms with Gasteiger partial charge in [-0.1, -0.05) is 0 Å². The first kappa shape index (κ1) is 10.4. The van der Waals surface area contributed by atoms with E-state index in [1.165, 1.54) is 0 Å². The molecule has 0 bridgehead atoms. The zero-order valence-electron chi connectivity index (χ0n) is 7.56. The molecule has 0 fully saturated rings. The Morgan fingerprint density at radius 1 is 1.46 bits per heavy atom. The number of quaternary nitrogens is 1. The summed E-state index contributed by atoms with van der Waals surface area (Å²) in [6.45, 7) is 1.95. The molecule has 0 aromatic heterocycles. The summed E-state index contributed by atoms with van der Waals surface area (Å²) in [4.78, 5) is 0. The van der Waals surface area contributed by atoms with Crippen molar-refractivity contribution in [2.45, 2.75) is 18.3 Å². The fourth-order valence-corrected chi connectivity index (χ4v) is 3.36. The molecule has 72 valence electrons. The van der Waals surface area contributed by atoms with Crippen molar-refractivity contribution < 1.29 is 14.7 Å². The second-order valence-corrected chi connectivity index (χ2v) is 6.25. The molecule has 1 aromatic carbocycles. The molecule has 3 nitrogen and oxygen atoms in total. The molecule has 1 rings (SSSR count). The van der Waals surface area contributed by atoms with Gasteiger partial charge in [0.1, 0.15) is 0 Å². The summed E-state index contributed by atoms with van der Waals surface area (Å²) in [5, 5.41) is 9.68. The van der Waals surface area contributed by atoms with Crippen molar-refractivity contribution in [3.63, 3.8) is 0 Å². The van der Waals surface area contributed by atoms with E-state index in [2.05, 4.69) is 5.73 Å². The average molecular weight is 247 g/mol. The van der Waals surface area contributed by atoms with Gasteiger partial charge in [0.15, 0.2) is 0 Å². The summed E-state index contributed by atoms with van der Waals surface area (Å²) in [5.74, 6) is 0.213. The van der Waals surface area contributed by atoms with Crippen molar-refractivity contribution in [1.29, 1.82) is 0 Å². The molecule has 2 unspecified atom stereocenters. The zero-order chi connectivity index (χ0) is 9.84. The Hall–Kier alpha value is -0.701. The number of hydrogen-bond acceptors (Lipinski definition) is 2. The summed E-state index contributed by atoms with van der Waals surface area (Å²) in [6.07, 6.45) is 0. The normalized spacial score (nSPS) is 15.2. The summed E-state index contributed by atoms with van der Waals surface area (Å²) < 4.78 is 12.5. The molecule has 0 aliphatic carbocycles. The van der Waals surface area contributed by atoms with E-state index < -0.39 is 13.8 Å². The molecule has 4 heteroatoms. The fraction of sp³-hybridized carbons (Fsp3) is 0.333. The van der Waals surface area contributed by atoms with Crippen LogP contribution in [0.1, 0.15) is 6.92 Å². The SMILES string of the molecule is CC([NH3+])C[Se](=O)c1ccc(O)cc1. The van der Waals surface area contributed by atoms with Crippen LogP contribution >= 0.6 is 0 Å². The summed E-state index contributed by atoms with van der Waals surface area (Å²) in [6, 6.07) is 6.79. The minimum atomic E-state index is -1.93.